The number of carboxylic acids is 1. The number of benzene rings is 2. The number of carboxylic acid groups (broad SMARTS) is 1. The maximum Gasteiger partial charge on any atom is 0.337 e. The predicted octanol–water partition coefficient (Wildman–Crippen LogP) is 4.08. The lowest BCUT2D eigenvalue weighted by Crippen LogP contribution is -2.16. The summed E-state index contributed by atoms with van der Waals surface area (Å²) in [5.41, 5.74) is -0.549. The molecular weight excluding hydrogens is 320 g/mol. The molecule has 0 unspecified atom stereocenters. The van der Waals surface area contributed by atoms with Crippen LogP contribution in [0.3, 0.4) is 0 Å². The van der Waals surface area contributed by atoms with Crippen molar-refractivity contribution in [2.75, 3.05) is 5.32 Å². The van der Waals surface area contributed by atoms with Crippen molar-refractivity contribution in [3.8, 4) is 0 Å². The topological polar surface area (TPSA) is 66.4 Å². The molecule has 0 heterocycles. The number of aromatic carboxylic acids is 1. The van der Waals surface area contributed by atoms with Gasteiger partial charge in [-0.2, -0.15) is 0 Å². The van der Waals surface area contributed by atoms with Crippen molar-refractivity contribution in [3.05, 3.63) is 63.4 Å². The molecule has 0 saturated carbocycles. The van der Waals surface area contributed by atoms with Crippen molar-refractivity contribution in [3.63, 3.8) is 0 Å². The third-order valence-corrected chi connectivity index (χ3v) is 3.21. The Morgan fingerprint density at radius 3 is 2.43 bits per heavy atom. The molecule has 2 N–H and O–H groups in total. The van der Waals surface area contributed by atoms with Gasteiger partial charge in [-0.3, -0.25) is 4.79 Å². The molecule has 4 nitrogen and oxygen atoms in total. The molecule has 2 aromatic carbocycles. The lowest BCUT2D eigenvalue weighted by atomic mass is 10.1. The van der Waals surface area contributed by atoms with E-state index in [4.69, 9.17) is 28.3 Å². The largest absolute Gasteiger partial charge is 0.478 e. The lowest BCUT2D eigenvalue weighted by molar-refractivity contribution is 0.0698. The van der Waals surface area contributed by atoms with Crippen LogP contribution in [-0.2, 0) is 0 Å². The van der Waals surface area contributed by atoms with Gasteiger partial charge in [0.25, 0.3) is 5.91 Å². The number of para-hydroxylation sites is 1. The molecule has 2 rings (SSSR count). The van der Waals surface area contributed by atoms with Crippen LogP contribution in [0.25, 0.3) is 0 Å². The average molecular weight is 328 g/mol. The van der Waals surface area contributed by atoms with E-state index in [2.05, 4.69) is 5.32 Å². The zero-order chi connectivity index (χ0) is 15.6. The lowest BCUT2D eigenvalue weighted by Gasteiger charge is -2.11. The molecule has 0 bridgehead atoms. The minimum absolute atomic E-state index is 0.0395. The molecule has 0 radical (unpaired) electrons. The normalized spacial score (nSPS) is 10.2. The van der Waals surface area contributed by atoms with Gasteiger partial charge in [0.1, 0.15) is 5.82 Å². The summed E-state index contributed by atoms with van der Waals surface area (Å²) in [6.45, 7) is 0. The Balaban J connectivity index is 2.38. The Kier molecular flexibility index (Phi) is 4.45. The van der Waals surface area contributed by atoms with Gasteiger partial charge in [-0.25, -0.2) is 9.18 Å². The van der Waals surface area contributed by atoms with E-state index in [1.54, 1.807) is 0 Å². The SMILES string of the molecule is O=C(Nc1c(Cl)cccc1C(=O)O)c1ccc(Cl)cc1F. The van der Waals surface area contributed by atoms with E-state index in [1.165, 1.54) is 30.3 Å². The third-order valence-electron chi connectivity index (χ3n) is 2.66. The predicted molar refractivity (Wildman–Crippen MR) is 77.8 cm³/mol. The highest BCUT2D eigenvalue weighted by molar-refractivity contribution is 6.35. The Bertz CT molecular complexity index is 734. The summed E-state index contributed by atoms with van der Waals surface area (Å²) >= 11 is 11.5. The van der Waals surface area contributed by atoms with E-state index in [1.807, 2.05) is 0 Å². The van der Waals surface area contributed by atoms with Crippen LogP contribution >= 0.6 is 23.2 Å². The van der Waals surface area contributed by atoms with Gasteiger partial charge in [0.05, 0.1) is 21.8 Å². The maximum absolute atomic E-state index is 13.7. The number of halogens is 3. The van der Waals surface area contributed by atoms with Crippen molar-refractivity contribution < 1.29 is 19.1 Å². The molecule has 1 amide bonds. The molecule has 0 aliphatic carbocycles. The van der Waals surface area contributed by atoms with Gasteiger partial charge in [0, 0.05) is 5.02 Å². The fourth-order valence-electron chi connectivity index (χ4n) is 1.68. The quantitative estimate of drug-likeness (QED) is 0.892. The molecule has 0 fully saturated rings. The van der Waals surface area contributed by atoms with Crippen LogP contribution in [0.2, 0.25) is 10.0 Å². The van der Waals surface area contributed by atoms with Crippen molar-refractivity contribution >= 4 is 40.8 Å². The number of rotatable bonds is 3. The highest BCUT2D eigenvalue weighted by Gasteiger charge is 2.18. The number of amides is 1. The third kappa shape index (κ3) is 3.32. The monoisotopic (exact) mass is 327 g/mol. The number of hydrogen-bond acceptors (Lipinski definition) is 2. The molecule has 2 aromatic rings. The average Bonchev–Trinajstić information content (AvgIpc) is 2.40. The first-order valence-electron chi connectivity index (χ1n) is 5.68. The fourth-order valence-corrected chi connectivity index (χ4v) is 2.06. The van der Waals surface area contributed by atoms with Gasteiger partial charge in [-0.05, 0) is 30.3 Å². The molecule has 108 valence electrons. The Morgan fingerprint density at radius 2 is 1.81 bits per heavy atom. The molecule has 7 heteroatoms. The molecule has 0 aliphatic rings. The summed E-state index contributed by atoms with van der Waals surface area (Å²) in [6.07, 6.45) is 0. The standard InChI is InChI=1S/C14H8Cl2FNO3/c15-7-4-5-8(11(17)6-7)13(19)18-12-9(14(20)21)2-1-3-10(12)16/h1-6H,(H,18,19)(H,20,21). The molecule has 0 saturated heterocycles. The first-order valence-corrected chi connectivity index (χ1v) is 6.44. The molecule has 0 aliphatic heterocycles. The number of carbonyl (C=O) groups is 2. The second kappa shape index (κ2) is 6.11. The Morgan fingerprint density at radius 1 is 1.10 bits per heavy atom. The first kappa shape index (κ1) is 15.3. The van der Waals surface area contributed by atoms with E-state index in [-0.39, 0.29) is 26.9 Å². The van der Waals surface area contributed by atoms with E-state index in [9.17, 15) is 14.0 Å². The molecule has 0 aromatic heterocycles. The number of hydrogen-bond donors (Lipinski definition) is 2. The van der Waals surface area contributed by atoms with Crippen molar-refractivity contribution in [1.82, 2.24) is 0 Å². The first-order chi connectivity index (χ1) is 9.90. The summed E-state index contributed by atoms with van der Waals surface area (Å²) in [5.74, 6) is -2.90. The van der Waals surface area contributed by atoms with Crippen LogP contribution in [0.4, 0.5) is 10.1 Å². The van der Waals surface area contributed by atoms with Crippen LogP contribution in [0.1, 0.15) is 20.7 Å². The fraction of sp³-hybridized carbons (Fsp3) is 0. The minimum Gasteiger partial charge on any atom is -0.478 e. The highest BCUT2D eigenvalue weighted by atomic mass is 35.5. The van der Waals surface area contributed by atoms with Gasteiger partial charge >= 0.3 is 5.97 Å². The molecule has 0 spiro atoms. The van der Waals surface area contributed by atoms with Crippen LogP contribution in [0.5, 0.6) is 0 Å². The van der Waals surface area contributed by atoms with E-state index in [0.717, 1.165) is 6.07 Å². The van der Waals surface area contributed by atoms with E-state index < -0.39 is 17.7 Å². The molecule has 0 atom stereocenters. The minimum atomic E-state index is -1.26. The zero-order valence-electron chi connectivity index (χ0n) is 10.4. The van der Waals surface area contributed by atoms with Crippen LogP contribution < -0.4 is 5.32 Å². The van der Waals surface area contributed by atoms with Gasteiger partial charge in [-0.1, -0.05) is 29.3 Å². The Labute approximate surface area is 129 Å². The summed E-state index contributed by atoms with van der Waals surface area (Å²) in [5, 5.41) is 11.6. The second-order valence-corrected chi connectivity index (χ2v) is 4.89. The summed E-state index contributed by atoms with van der Waals surface area (Å²) < 4.78 is 13.7. The van der Waals surface area contributed by atoms with Gasteiger partial charge < -0.3 is 10.4 Å². The summed E-state index contributed by atoms with van der Waals surface area (Å²) in [4.78, 5) is 23.1. The molecular formula is C14H8Cl2FNO3. The van der Waals surface area contributed by atoms with Crippen molar-refractivity contribution in [2.45, 2.75) is 0 Å². The van der Waals surface area contributed by atoms with Gasteiger partial charge in [0.2, 0.25) is 0 Å². The summed E-state index contributed by atoms with van der Waals surface area (Å²) in [7, 11) is 0. The Hall–Kier alpha value is -2.11. The number of nitrogens with one attached hydrogen (secondary N) is 1. The van der Waals surface area contributed by atoms with Crippen LogP contribution in [0, 0.1) is 5.82 Å². The number of carbonyl (C=O) groups excluding carboxylic acids is 1. The summed E-state index contributed by atoms with van der Waals surface area (Å²) in [6, 6.07) is 7.67. The van der Waals surface area contributed by atoms with Crippen molar-refractivity contribution in [1.29, 1.82) is 0 Å². The van der Waals surface area contributed by atoms with Gasteiger partial charge in [0.15, 0.2) is 0 Å². The van der Waals surface area contributed by atoms with Crippen LogP contribution in [0.15, 0.2) is 36.4 Å². The maximum atomic E-state index is 13.7. The molecule has 21 heavy (non-hydrogen) atoms. The smallest absolute Gasteiger partial charge is 0.337 e. The van der Waals surface area contributed by atoms with Crippen LogP contribution in [-0.4, -0.2) is 17.0 Å². The number of anilines is 1. The van der Waals surface area contributed by atoms with Crippen molar-refractivity contribution in [2.24, 2.45) is 0 Å². The highest BCUT2D eigenvalue weighted by Crippen LogP contribution is 2.27. The van der Waals surface area contributed by atoms with Gasteiger partial charge in [-0.15, -0.1) is 0 Å². The zero-order valence-corrected chi connectivity index (χ0v) is 11.9. The second-order valence-electron chi connectivity index (χ2n) is 4.05. The van der Waals surface area contributed by atoms with E-state index in [0.29, 0.717) is 0 Å². The van der Waals surface area contributed by atoms with E-state index >= 15 is 0 Å².